The molecule has 2 aromatic rings. The summed E-state index contributed by atoms with van der Waals surface area (Å²) in [5.41, 5.74) is 1.61. The number of carbonyl (C=O) groups excluding carboxylic acids is 4. The van der Waals surface area contributed by atoms with E-state index in [2.05, 4.69) is 20.8 Å². The summed E-state index contributed by atoms with van der Waals surface area (Å²) in [5, 5.41) is 9.25. The van der Waals surface area contributed by atoms with E-state index < -0.39 is 34.0 Å². The summed E-state index contributed by atoms with van der Waals surface area (Å²) < 4.78 is 37.8. The van der Waals surface area contributed by atoms with E-state index in [1.54, 1.807) is 18.2 Å². The van der Waals surface area contributed by atoms with Crippen LogP contribution in [0.2, 0.25) is 0 Å². The molecule has 1 aromatic heterocycles. The van der Waals surface area contributed by atoms with Crippen LogP contribution in [0, 0.1) is 0 Å². The number of nitrogens with one attached hydrogen (secondary N) is 2. The third-order valence-corrected chi connectivity index (χ3v) is 5.87. The van der Waals surface area contributed by atoms with Gasteiger partial charge in [-0.15, -0.1) is 10.2 Å². The van der Waals surface area contributed by atoms with E-state index in [4.69, 9.17) is 0 Å². The Morgan fingerprint density at radius 1 is 1.26 bits per heavy atom. The van der Waals surface area contributed by atoms with Crippen LogP contribution in [-0.4, -0.2) is 44.8 Å². The molecule has 4 rings (SSSR count). The third kappa shape index (κ3) is 4.13. The number of halogens is 3. The van der Waals surface area contributed by atoms with Gasteiger partial charge in [-0.25, -0.2) is 0 Å². The minimum absolute atomic E-state index is 0.0429. The highest BCUT2D eigenvalue weighted by Gasteiger charge is 2.39. The number of hydrogen-bond acceptors (Lipinski definition) is 7. The lowest BCUT2D eigenvalue weighted by molar-refractivity contribution is -0.138. The van der Waals surface area contributed by atoms with Gasteiger partial charge in [0.15, 0.2) is 0 Å². The Morgan fingerprint density at radius 3 is 2.71 bits per heavy atom. The fourth-order valence-electron chi connectivity index (χ4n) is 3.40. The van der Waals surface area contributed by atoms with Crippen LogP contribution in [-0.2, 0) is 28.9 Å². The zero-order valence-electron chi connectivity index (χ0n) is 15.7. The van der Waals surface area contributed by atoms with Crippen LogP contribution in [0.5, 0.6) is 0 Å². The second-order valence-corrected chi connectivity index (χ2v) is 7.96. The first-order valence-electron chi connectivity index (χ1n) is 9.09. The molecule has 2 aliphatic rings. The lowest BCUT2D eigenvalue weighted by atomic mass is 10.0. The molecule has 2 aliphatic heterocycles. The molecule has 1 unspecified atom stereocenters. The largest absolute Gasteiger partial charge is 0.445 e. The number of fused-ring (bicyclic) bond motifs is 1. The topological polar surface area (TPSA) is 121 Å². The first-order valence-corrected chi connectivity index (χ1v) is 9.90. The number of carbonyl (C=O) groups is 4. The van der Waals surface area contributed by atoms with Crippen molar-refractivity contribution in [2.75, 3.05) is 0 Å². The van der Waals surface area contributed by atoms with Crippen molar-refractivity contribution in [1.82, 2.24) is 25.7 Å². The summed E-state index contributed by atoms with van der Waals surface area (Å²) in [6.07, 6.45) is -4.28. The zero-order valence-corrected chi connectivity index (χ0v) is 16.5. The Hall–Kier alpha value is -3.35. The number of aromatic nitrogens is 2. The van der Waals surface area contributed by atoms with Gasteiger partial charge in [-0.2, -0.15) is 13.2 Å². The standard InChI is InChI=1S/C18H14F3N5O4S/c19-18(20,21)17-25-24-15(31-17)14(29)22-6-8-1-2-9-7-26(16(30)10(9)5-8)11-3-4-12(27)23-13(11)28/h1-2,5,11H,3-4,6-7H2,(H,22,29)(H,23,27,28). The Labute approximate surface area is 176 Å². The van der Waals surface area contributed by atoms with Gasteiger partial charge in [0.1, 0.15) is 6.04 Å². The molecular weight excluding hydrogens is 439 g/mol. The number of alkyl halides is 3. The second-order valence-electron chi connectivity index (χ2n) is 6.98. The smallest absolute Gasteiger partial charge is 0.346 e. The highest BCUT2D eigenvalue weighted by Crippen LogP contribution is 2.31. The Balaban J connectivity index is 1.42. The summed E-state index contributed by atoms with van der Waals surface area (Å²) in [4.78, 5) is 49.6. The number of amides is 4. The van der Waals surface area contributed by atoms with E-state index in [1.807, 2.05) is 0 Å². The highest BCUT2D eigenvalue weighted by atomic mass is 32.1. The van der Waals surface area contributed by atoms with Crippen LogP contribution >= 0.6 is 11.3 Å². The summed E-state index contributed by atoms with van der Waals surface area (Å²) in [6.45, 7) is 0.177. The molecule has 1 aromatic carbocycles. The molecule has 0 radical (unpaired) electrons. The van der Waals surface area contributed by atoms with Crippen molar-refractivity contribution in [1.29, 1.82) is 0 Å². The van der Waals surface area contributed by atoms with Crippen molar-refractivity contribution in [2.45, 2.75) is 38.1 Å². The normalized spacial score (nSPS) is 18.7. The molecule has 0 saturated carbocycles. The van der Waals surface area contributed by atoms with Gasteiger partial charge in [0, 0.05) is 25.1 Å². The van der Waals surface area contributed by atoms with Crippen molar-refractivity contribution in [3.63, 3.8) is 0 Å². The van der Waals surface area contributed by atoms with Crippen LogP contribution in [0.3, 0.4) is 0 Å². The molecular formula is C18H14F3N5O4S. The first kappa shape index (κ1) is 20.9. The Bertz CT molecular complexity index is 1100. The van der Waals surface area contributed by atoms with Gasteiger partial charge in [0.05, 0.1) is 0 Å². The van der Waals surface area contributed by atoms with Crippen LogP contribution in [0.15, 0.2) is 18.2 Å². The van der Waals surface area contributed by atoms with E-state index >= 15 is 0 Å². The molecule has 2 N–H and O–H groups in total. The van der Waals surface area contributed by atoms with Gasteiger partial charge in [0.2, 0.25) is 21.8 Å². The molecule has 1 saturated heterocycles. The van der Waals surface area contributed by atoms with Gasteiger partial charge in [-0.3, -0.25) is 24.5 Å². The maximum absolute atomic E-state index is 12.8. The predicted octanol–water partition coefficient (Wildman–Crippen LogP) is 1.25. The van der Waals surface area contributed by atoms with Gasteiger partial charge >= 0.3 is 6.18 Å². The molecule has 0 aliphatic carbocycles. The predicted molar refractivity (Wildman–Crippen MR) is 98.6 cm³/mol. The average molecular weight is 453 g/mol. The number of piperidine rings is 1. The summed E-state index contributed by atoms with van der Waals surface area (Å²) >= 11 is 0.138. The fourth-order valence-corrected chi connectivity index (χ4v) is 4.03. The maximum Gasteiger partial charge on any atom is 0.445 e. The molecule has 31 heavy (non-hydrogen) atoms. The number of hydrogen-bond donors (Lipinski definition) is 2. The van der Waals surface area contributed by atoms with Crippen molar-refractivity contribution < 1.29 is 32.3 Å². The zero-order chi connectivity index (χ0) is 22.3. The monoisotopic (exact) mass is 453 g/mol. The molecule has 0 bridgehead atoms. The molecule has 1 fully saturated rings. The number of imide groups is 1. The Morgan fingerprint density at radius 2 is 2.03 bits per heavy atom. The molecule has 162 valence electrons. The van der Waals surface area contributed by atoms with Crippen molar-refractivity contribution >= 4 is 35.0 Å². The molecule has 4 amide bonds. The summed E-state index contributed by atoms with van der Waals surface area (Å²) in [5.74, 6) is -2.07. The van der Waals surface area contributed by atoms with Gasteiger partial charge < -0.3 is 10.2 Å². The number of benzene rings is 1. The maximum atomic E-state index is 12.8. The molecule has 3 heterocycles. The fraction of sp³-hybridized carbons (Fsp3) is 0.333. The molecule has 9 nitrogen and oxygen atoms in total. The SMILES string of the molecule is O=C1CCC(N2Cc3ccc(CNC(=O)c4nnc(C(F)(F)F)s4)cc3C2=O)C(=O)N1. The van der Waals surface area contributed by atoms with E-state index in [-0.39, 0.29) is 49.1 Å². The highest BCUT2D eigenvalue weighted by molar-refractivity contribution is 7.13. The van der Waals surface area contributed by atoms with Crippen molar-refractivity contribution in [3.05, 3.63) is 44.9 Å². The van der Waals surface area contributed by atoms with E-state index in [0.717, 1.165) is 0 Å². The minimum Gasteiger partial charge on any atom is -0.346 e. The lowest BCUT2D eigenvalue weighted by Gasteiger charge is -2.29. The van der Waals surface area contributed by atoms with Crippen LogP contribution in [0.25, 0.3) is 0 Å². The average Bonchev–Trinajstić information content (AvgIpc) is 3.32. The number of nitrogens with zero attached hydrogens (tertiary/aromatic N) is 3. The molecule has 0 spiro atoms. The van der Waals surface area contributed by atoms with E-state index in [9.17, 15) is 32.3 Å². The van der Waals surface area contributed by atoms with Crippen molar-refractivity contribution in [2.24, 2.45) is 0 Å². The van der Waals surface area contributed by atoms with Crippen LogP contribution in [0.4, 0.5) is 13.2 Å². The van der Waals surface area contributed by atoms with Crippen LogP contribution < -0.4 is 10.6 Å². The molecule has 1 atom stereocenters. The number of rotatable bonds is 4. The lowest BCUT2D eigenvalue weighted by Crippen LogP contribution is -2.52. The Kier molecular flexibility index (Phi) is 5.21. The third-order valence-electron chi connectivity index (χ3n) is 4.91. The second kappa shape index (κ2) is 7.72. The van der Waals surface area contributed by atoms with Gasteiger partial charge in [0.25, 0.3) is 11.8 Å². The van der Waals surface area contributed by atoms with Gasteiger partial charge in [-0.1, -0.05) is 23.5 Å². The van der Waals surface area contributed by atoms with Crippen molar-refractivity contribution in [3.8, 4) is 0 Å². The van der Waals surface area contributed by atoms with E-state index in [1.165, 1.54) is 4.90 Å². The van der Waals surface area contributed by atoms with Crippen LogP contribution in [0.1, 0.15) is 49.1 Å². The first-order chi connectivity index (χ1) is 14.6. The minimum atomic E-state index is -4.68. The quantitative estimate of drug-likeness (QED) is 0.672. The summed E-state index contributed by atoms with van der Waals surface area (Å²) in [7, 11) is 0. The molecule has 13 heteroatoms. The summed E-state index contributed by atoms with van der Waals surface area (Å²) in [6, 6.07) is 4.18. The van der Waals surface area contributed by atoms with E-state index in [0.29, 0.717) is 16.7 Å². The van der Waals surface area contributed by atoms with Gasteiger partial charge in [-0.05, 0) is 23.6 Å².